The van der Waals surface area contributed by atoms with Gasteiger partial charge in [-0.2, -0.15) is 0 Å². The lowest BCUT2D eigenvalue weighted by molar-refractivity contribution is -0.137. The van der Waals surface area contributed by atoms with Crippen LogP contribution in [-0.2, 0) is 9.59 Å². The minimum absolute atomic E-state index is 0.196. The lowest BCUT2D eigenvalue weighted by Gasteiger charge is -2.17. The SMILES string of the molecule is NCC(N)CN1C(=O)C=CC1=O. The van der Waals surface area contributed by atoms with Gasteiger partial charge in [-0.15, -0.1) is 0 Å². The molecule has 1 aliphatic heterocycles. The van der Waals surface area contributed by atoms with E-state index in [9.17, 15) is 9.59 Å². The van der Waals surface area contributed by atoms with Crippen molar-refractivity contribution in [2.45, 2.75) is 6.04 Å². The Labute approximate surface area is 70.0 Å². The van der Waals surface area contributed by atoms with Crippen molar-refractivity contribution in [3.63, 3.8) is 0 Å². The average molecular weight is 169 g/mol. The Morgan fingerprint density at radius 2 is 1.83 bits per heavy atom. The molecule has 0 aromatic carbocycles. The molecule has 0 aromatic heterocycles. The van der Waals surface area contributed by atoms with Gasteiger partial charge in [0.1, 0.15) is 0 Å². The standard InChI is InChI=1S/C7H11N3O2/c8-3-5(9)4-10-6(11)1-2-7(10)12/h1-2,5H,3-4,8-9H2. The van der Waals surface area contributed by atoms with Crippen LogP contribution in [0.1, 0.15) is 0 Å². The summed E-state index contributed by atoms with van der Waals surface area (Å²) in [5.41, 5.74) is 10.7. The third kappa shape index (κ3) is 1.69. The van der Waals surface area contributed by atoms with Gasteiger partial charge in [-0.3, -0.25) is 14.5 Å². The quantitative estimate of drug-likeness (QED) is 0.488. The summed E-state index contributed by atoms with van der Waals surface area (Å²) in [6.07, 6.45) is 2.46. The van der Waals surface area contributed by atoms with E-state index < -0.39 is 0 Å². The van der Waals surface area contributed by atoms with E-state index in [0.29, 0.717) is 0 Å². The van der Waals surface area contributed by atoms with Crippen LogP contribution in [0.3, 0.4) is 0 Å². The summed E-state index contributed by atoms with van der Waals surface area (Å²) in [5, 5.41) is 0. The van der Waals surface area contributed by atoms with E-state index >= 15 is 0 Å². The summed E-state index contributed by atoms with van der Waals surface area (Å²) in [6, 6.07) is -0.335. The van der Waals surface area contributed by atoms with Crippen molar-refractivity contribution in [2.75, 3.05) is 13.1 Å². The number of hydrogen-bond acceptors (Lipinski definition) is 4. The van der Waals surface area contributed by atoms with Crippen molar-refractivity contribution < 1.29 is 9.59 Å². The Hall–Kier alpha value is -1.20. The normalized spacial score (nSPS) is 19.0. The maximum Gasteiger partial charge on any atom is 0.253 e. The maximum atomic E-state index is 11.0. The zero-order valence-electron chi connectivity index (χ0n) is 6.56. The fraction of sp³-hybridized carbons (Fsp3) is 0.429. The molecule has 0 fully saturated rings. The fourth-order valence-electron chi connectivity index (χ4n) is 0.920. The summed E-state index contributed by atoms with van der Waals surface area (Å²) in [6.45, 7) is 0.457. The van der Waals surface area contributed by atoms with E-state index in [-0.39, 0.29) is 30.9 Å². The third-order valence-electron chi connectivity index (χ3n) is 1.62. The van der Waals surface area contributed by atoms with Crippen LogP contribution in [0.2, 0.25) is 0 Å². The number of nitrogens with two attached hydrogens (primary N) is 2. The van der Waals surface area contributed by atoms with E-state index in [2.05, 4.69) is 0 Å². The topological polar surface area (TPSA) is 89.4 Å². The molecule has 1 rings (SSSR count). The maximum absolute atomic E-state index is 11.0. The molecule has 4 N–H and O–H groups in total. The predicted molar refractivity (Wildman–Crippen MR) is 42.9 cm³/mol. The van der Waals surface area contributed by atoms with Crippen LogP contribution in [0.15, 0.2) is 12.2 Å². The van der Waals surface area contributed by atoms with E-state index in [1.165, 1.54) is 12.2 Å². The van der Waals surface area contributed by atoms with Crippen LogP contribution < -0.4 is 11.5 Å². The van der Waals surface area contributed by atoms with Gasteiger partial charge in [0.25, 0.3) is 11.8 Å². The number of carbonyl (C=O) groups is 2. The second-order valence-corrected chi connectivity index (χ2v) is 2.62. The second kappa shape index (κ2) is 3.46. The first-order valence-corrected chi connectivity index (χ1v) is 3.64. The monoisotopic (exact) mass is 169 g/mol. The van der Waals surface area contributed by atoms with Crippen LogP contribution in [0, 0.1) is 0 Å². The van der Waals surface area contributed by atoms with Crippen LogP contribution in [0.4, 0.5) is 0 Å². The number of nitrogens with zero attached hydrogens (tertiary/aromatic N) is 1. The Morgan fingerprint density at radius 3 is 2.25 bits per heavy atom. The van der Waals surface area contributed by atoms with Crippen LogP contribution in [0.5, 0.6) is 0 Å². The fourth-order valence-corrected chi connectivity index (χ4v) is 0.920. The highest BCUT2D eigenvalue weighted by atomic mass is 16.2. The summed E-state index contributed by atoms with van der Waals surface area (Å²) >= 11 is 0. The number of amides is 2. The van der Waals surface area contributed by atoms with Gasteiger partial charge in [0.05, 0.1) is 0 Å². The molecule has 0 saturated carbocycles. The first-order chi connectivity index (χ1) is 5.65. The molecule has 0 saturated heterocycles. The molecule has 0 spiro atoms. The van der Waals surface area contributed by atoms with Crippen LogP contribution in [0.25, 0.3) is 0 Å². The van der Waals surface area contributed by atoms with Gasteiger partial charge in [-0.05, 0) is 0 Å². The highest BCUT2D eigenvalue weighted by molar-refractivity contribution is 6.12. The van der Waals surface area contributed by atoms with Crippen molar-refractivity contribution in [2.24, 2.45) is 11.5 Å². The summed E-state index contributed by atoms with van der Waals surface area (Å²) in [7, 11) is 0. The minimum Gasteiger partial charge on any atom is -0.329 e. The Morgan fingerprint density at radius 1 is 1.33 bits per heavy atom. The van der Waals surface area contributed by atoms with Gasteiger partial charge in [-0.25, -0.2) is 0 Å². The Balaban J connectivity index is 2.53. The van der Waals surface area contributed by atoms with Gasteiger partial charge in [0.15, 0.2) is 0 Å². The highest BCUT2D eigenvalue weighted by Gasteiger charge is 2.24. The minimum atomic E-state index is -0.335. The molecule has 1 unspecified atom stereocenters. The third-order valence-corrected chi connectivity index (χ3v) is 1.62. The Kier molecular flexibility index (Phi) is 2.57. The molecule has 1 atom stereocenters. The first kappa shape index (κ1) is 8.89. The molecular formula is C7H11N3O2. The van der Waals surface area contributed by atoms with Crippen molar-refractivity contribution >= 4 is 11.8 Å². The van der Waals surface area contributed by atoms with Gasteiger partial charge in [0, 0.05) is 31.3 Å². The van der Waals surface area contributed by atoms with E-state index in [4.69, 9.17) is 11.5 Å². The van der Waals surface area contributed by atoms with Crippen molar-refractivity contribution in [1.82, 2.24) is 4.90 Å². The average Bonchev–Trinajstić information content (AvgIpc) is 2.35. The van der Waals surface area contributed by atoms with Crippen molar-refractivity contribution in [3.8, 4) is 0 Å². The Bertz CT molecular complexity index is 219. The number of hydrogen-bond donors (Lipinski definition) is 2. The molecule has 1 aliphatic rings. The number of imide groups is 1. The van der Waals surface area contributed by atoms with Crippen molar-refractivity contribution in [1.29, 1.82) is 0 Å². The molecule has 66 valence electrons. The molecule has 12 heavy (non-hydrogen) atoms. The van der Waals surface area contributed by atoms with E-state index in [1.54, 1.807) is 0 Å². The molecule has 0 aromatic rings. The van der Waals surface area contributed by atoms with Crippen LogP contribution in [-0.4, -0.2) is 35.8 Å². The van der Waals surface area contributed by atoms with Gasteiger partial charge < -0.3 is 11.5 Å². The molecule has 1 heterocycles. The smallest absolute Gasteiger partial charge is 0.253 e. The molecule has 0 radical (unpaired) electrons. The summed E-state index contributed by atoms with van der Waals surface area (Å²) < 4.78 is 0. The zero-order chi connectivity index (χ0) is 9.14. The zero-order valence-corrected chi connectivity index (χ0v) is 6.56. The lowest BCUT2D eigenvalue weighted by Crippen LogP contribution is -2.44. The molecular weight excluding hydrogens is 158 g/mol. The van der Waals surface area contributed by atoms with Gasteiger partial charge in [-0.1, -0.05) is 0 Å². The molecule has 5 nitrogen and oxygen atoms in total. The summed E-state index contributed by atoms with van der Waals surface area (Å²) in [4.78, 5) is 23.0. The molecule has 0 aliphatic carbocycles. The number of rotatable bonds is 3. The molecule has 2 amide bonds. The first-order valence-electron chi connectivity index (χ1n) is 3.64. The second-order valence-electron chi connectivity index (χ2n) is 2.62. The van der Waals surface area contributed by atoms with E-state index in [0.717, 1.165) is 4.90 Å². The van der Waals surface area contributed by atoms with Crippen molar-refractivity contribution in [3.05, 3.63) is 12.2 Å². The van der Waals surface area contributed by atoms with Gasteiger partial charge in [0.2, 0.25) is 0 Å². The largest absolute Gasteiger partial charge is 0.329 e. The highest BCUT2D eigenvalue weighted by Crippen LogP contribution is 2.02. The predicted octanol–water partition coefficient (Wildman–Crippen LogP) is -1.80. The molecule has 5 heteroatoms. The number of carbonyl (C=O) groups excluding carboxylic acids is 2. The van der Waals surface area contributed by atoms with E-state index in [1.807, 2.05) is 0 Å². The van der Waals surface area contributed by atoms with Crippen LogP contribution >= 0.6 is 0 Å². The lowest BCUT2D eigenvalue weighted by atomic mass is 10.3. The van der Waals surface area contributed by atoms with Gasteiger partial charge >= 0.3 is 0 Å². The summed E-state index contributed by atoms with van der Waals surface area (Å²) in [5.74, 6) is -0.632. The molecule has 0 bridgehead atoms.